The molecule has 1 aromatic heterocycles. The number of para-hydroxylation sites is 1. The summed E-state index contributed by atoms with van der Waals surface area (Å²) < 4.78 is 10.4. The number of hydrogen-bond donors (Lipinski definition) is 0. The first-order valence-corrected chi connectivity index (χ1v) is 12.4. The van der Waals surface area contributed by atoms with E-state index in [9.17, 15) is 9.59 Å². The van der Waals surface area contributed by atoms with Crippen LogP contribution in [-0.2, 0) is 31.0 Å². The summed E-state index contributed by atoms with van der Waals surface area (Å²) in [6, 6.07) is 12.2. The van der Waals surface area contributed by atoms with Gasteiger partial charge in [-0.25, -0.2) is 4.79 Å². The van der Waals surface area contributed by atoms with Gasteiger partial charge in [-0.15, -0.1) is 0 Å². The van der Waals surface area contributed by atoms with Gasteiger partial charge in [-0.1, -0.05) is 31.5 Å². The Morgan fingerprint density at radius 3 is 2.69 bits per heavy atom. The molecule has 0 bridgehead atoms. The second kappa shape index (κ2) is 9.46. The molecule has 3 aliphatic rings. The van der Waals surface area contributed by atoms with Crippen molar-refractivity contribution in [1.29, 1.82) is 0 Å². The minimum atomic E-state index is -0.616. The fourth-order valence-electron chi connectivity index (χ4n) is 6.65. The smallest absolute Gasteiger partial charge is 0.337 e. The first-order valence-electron chi connectivity index (χ1n) is 12.4. The third kappa shape index (κ3) is 3.73. The van der Waals surface area contributed by atoms with E-state index in [0.29, 0.717) is 24.5 Å². The van der Waals surface area contributed by atoms with E-state index in [2.05, 4.69) is 28.9 Å². The van der Waals surface area contributed by atoms with Crippen molar-refractivity contribution in [2.45, 2.75) is 44.2 Å². The molecule has 1 amide bonds. The molecule has 4 atom stereocenters. The summed E-state index contributed by atoms with van der Waals surface area (Å²) >= 11 is 0. The quantitative estimate of drug-likeness (QED) is 0.361. The van der Waals surface area contributed by atoms with Crippen LogP contribution in [0.25, 0.3) is 0 Å². The Labute approximate surface area is 206 Å². The highest BCUT2D eigenvalue weighted by Crippen LogP contribution is 2.55. The molecule has 5 rings (SSSR count). The number of aromatic nitrogens is 1. The van der Waals surface area contributed by atoms with E-state index in [4.69, 9.17) is 9.47 Å². The molecule has 1 spiro atoms. The van der Waals surface area contributed by atoms with Crippen LogP contribution < -0.4 is 4.90 Å². The van der Waals surface area contributed by atoms with Crippen molar-refractivity contribution in [2.75, 3.05) is 32.2 Å². The van der Waals surface area contributed by atoms with Crippen molar-refractivity contribution in [1.82, 2.24) is 9.88 Å². The number of carbonyl (C=O) groups is 2. The van der Waals surface area contributed by atoms with E-state index < -0.39 is 5.41 Å². The number of fused-ring (bicyclic) bond motifs is 4. The summed E-state index contributed by atoms with van der Waals surface area (Å²) in [4.78, 5) is 35.6. The summed E-state index contributed by atoms with van der Waals surface area (Å²) in [6.07, 6.45) is 7.51. The van der Waals surface area contributed by atoms with E-state index in [1.165, 1.54) is 13.4 Å². The maximum atomic E-state index is 14.3. The average Bonchev–Trinajstić information content (AvgIpc) is 3.38. The van der Waals surface area contributed by atoms with Crippen LogP contribution in [0.1, 0.15) is 37.3 Å². The number of hydrogen-bond acceptors (Lipinski definition) is 6. The van der Waals surface area contributed by atoms with E-state index in [0.717, 1.165) is 42.7 Å². The van der Waals surface area contributed by atoms with Gasteiger partial charge >= 0.3 is 5.97 Å². The van der Waals surface area contributed by atoms with Crippen LogP contribution in [-0.4, -0.2) is 55.1 Å². The van der Waals surface area contributed by atoms with Gasteiger partial charge in [0.1, 0.15) is 0 Å². The number of rotatable bonds is 6. The van der Waals surface area contributed by atoms with Gasteiger partial charge in [-0.05, 0) is 60.5 Å². The molecule has 0 aliphatic carbocycles. The van der Waals surface area contributed by atoms with Crippen LogP contribution in [0.4, 0.5) is 5.69 Å². The van der Waals surface area contributed by atoms with Gasteiger partial charge in [0.2, 0.25) is 5.91 Å². The zero-order chi connectivity index (χ0) is 24.6. The number of pyridine rings is 1. The summed E-state index contributed by atoms with van der Waals surface area (Å²) in [6.45, 7) is 4.41. The maximum absolute atomic E-state index is 14.3. The first kappa shape index (κ1) is 23.5. The monoisotopic (exact) mass is 475 g/mol. The predicted molar refractivity (Wildman–Crippen MR) is 133 cm³/mol. The summed E-state index contributed by atoms with van der Waals surface area (Å²) in [5, 5.41) is 0. The van der Waals surface area contributed by atoms with Crippen molar-refractivity contribution >= 4 is 17.6 Å². The summed E-state index contributed by atoms with van der Waals surface area (Å²) in [7, 11) is 2.97. The molecule has 0 saturated carbocycles. The number of nitrogens with zero attached hydrogens (tertiary/aromatic N) is 3. The molecule has 2 saturated heterocycles. The third-order valence-corrected chi connectivity index (χ3v) is 8.30. The summed E-state index contributed by atoms with van der Waals surface area (Å²) in [5.41, 5.74) is 3.10. The minimum absolute atomic E-state index is 0.0105. The van der Waals surface area contributed by atoms with Crippen LogP contribution in [0.2, 0.25) is 0 Å². The molecule has 1 aromatic carbocycles. The number of amides is 1. The molecule has 7 nitrogen and oxygen atoms in total. The lowest BCUT2D eigenvalue weighted by molar-refractivity contribution is -0.137. The van der Waals surface area contributed by atoms with Crippen molar-refractivity contribution < 1.29 is 19.1 Å². The van der Waals surface area contributed by atoms with Gasteiger partial charge in [0.05, 0.1) is 38.0 Å². The van der Waals surface area contributed by atoms with Crippen LogP contribution in [0.5, 0.6) is 0 Å². The van der Waals surface area contributed by atoms with Crippen LogP contribution in [0.15, 0.2) is 60.6 Å². The Morgan fingerprint density at radius 1 is 1.20 bits per heavy atom. The molecule has 3 aliphatic heterocycles. The van der Waals surface area contributed by atoms with Gasteiger partial charge in [0, 0.05) is 30.7 Å². The van der Waals surface area contributed by atoms with E-state index in [1.807, 2.05) is 29.2 Å². The van der Waals surface area contributed by atoms with E-state index in [-0.39, 0.29) is 23.8 Å². The molecular weight excluding hydrogens is 442 g/mol. The molecule has 184 valence electrons. The fraction of sp³-hybridized carbons (Fsp3) is 0.464. The van der Waals surface area contributed by atoms with E-state index >= 15 is 0 Å². The minimum Gasteiger partial charge on any atom is -0.504 e. The number of benzene rings is 1. The van der Waals surface area contributed by atoms with Crippen LogP contribution >= 0.6 is 0 Å². The lowest BCUT2D eigenvalue weighted by Crippen LogP contribution is -2.54. The first-order chi connectivity index (χ1) is 17.0. The normalized spacial score (nSPS) is 28.2. The topological polar surface area (TPSA) is 72.0 Å². The number of methoxy groups -OCH3 is 2. The lowest BCUT2D eigenvalue weighted by Gasteiger charge is -2.45. The molecular formula is C28H33N3O4. The Bertz CT molecular complexity index is 1130. The molecule has 2 fully saturated rings. The lowest BCUT2D eigenvalue weighted by atomic mass is 9.67. The van der Waals surface area contributed by atoms with Gasteiger partial charge in [0.25, 0.3) is 0 Å². The zero-order valence-corrected chi connectivity index (χ0v) is 20.6. The highest BCUT2D eigenvalue weighted by atomic mass is 16.5. The Balaban J connectivity index is 1.55. The maximum Gasteiger partial charge on any atom is 0.337 e. The van der Waals surface area contributed by atoms with E-state index in [1.54, 1.807) is 19.5 Å². The van der Waals surface area contributed by atoms with Crippen molar-refractivity contribution in [3.63, 3.8) is 0 Å². The van der Waals surface area contributed by atoms with Gasteiger partial charge in [0.15, 0.2) is 0 Å². The Kier molecular flexibility index (Phi) is 6.36. The highest BCUT2D eigenvalue weighted by Gasteiger charge is 2.62. The second-order valence-electron chi connectivity index (χ2n) is 9.81. The Hall–Kier alpha value is -3.19. The van der Waals surface area contributed by atoms with Gasteiger partial charge < -0.3 is 14.4 Å². The fourth-order valence-corrected chi connectivity index (χ4v) is 6.65. The summed E-state index contributed by atoms with van der Waals surface area (Å²) in [5.74, 6) is 0.0692. The standard InChI is InChI=1S/C28H33N3O4/c1-4-20-17-30-14-11-28(25(30)15-21(20)22(18-34-2)26(32)35-3)23-7-5-6-8-24(23)31(27(28)33)16-19-9-12-29-13-10-19/h5-10,12-13,18,20-21,25H,4,11,14-17H2,1-3H3/b22-18+/t20-,21-,25?,28+/m0/s1. The van der Waals surface area contributed by atoms with Crippen molar-refractivity contribution in [2.24, 2.45) is 11.8 Å². The van der Waals surface area contributed by atoms with Crippen LogP contribution in [0, 0.1) is 11.8 Å². The molecule has 7 heteroatoms. The Morgan fingerprint density at radius 2 is 1.97 bits per heavy atom. The van der Waals surface area contributed by atoms with Gasteiger partial charge in [-0.3, -0.25) is 14.7 Å². The molecule has 4 heterocycles. The molecule has 0 radical (unpaired) electrons. The van der Waals surface area contributed by atoms with Crippen LogP contribution in [0.3, 0.4) is 0 Å². The number of carbonyl (C=O) groups excluding carboxylic acids is 2. The number of ether oxygens (including phenoxy) is 2. The number of piperidine rings is 1. The molecule has 2 aromatic rings. The zero-order valence-electron chi connectivity index (χ0n) is 20.6. The second-order valence-corrected chi connectivity index (χ2v) is 9.81. The third-order valence-electron chi connectivity index (χ3n) is 8.30. The molecule has 1 unspecified atom stereocenters. The van der Waals surface area contributed by atoms with Crippen molar-refractivity contribution in [3.8, 4) is 0 Å². The molecule has 35 heavy (non-hydrogen) atoms. The van der Waals surface area contributed by atoms with Gasteiger partial charge in [-0.2, -0.15) is 0 Å². The molecule has 0 N–H and O–H groups in total. The predicted octanol–water partition coefficient (Wildman–Crippen LogP) is 3.69. The number of esters is 1. The highest BCUT2D eigenvalue weighted by molar-refractivity contribution is 6.09. The average molecular weight is 476 g/mol. The number of anilines is 1. The largest absolute Gasteiger partial charge is 0.504 e. The van der Waals surface area contributed by atoms with Crippen molar-refractivity contribution in [3.05, 3.63) is 71.8 Å². The SMILES string of the molecule is CC[C@H]1CN2CC[C@]3(C(=O)N(Cc4ccncc4)c4ccccc43)C2C[C@@H]1/C(=C\OC)C(=O)OC.